The van der Waals surface area contributed by atoms with Crippen molar-refractivity contribution in [3.8, 4) is 0 Å². The van der Waals surface area contributed by atoms with Crippen LogP contribution in [-0.4, -0.2) is 23.7 Å². The lowest BCUT2D eigenvalue weighted by molar-refractivity contribution is -0.147. The maximum Gasteiger partial charge on any atom is 0.319 e. The van der Waals surface area contributed by atoms with E-state index in [1.807, 2.05) is 32.0 Å². The monoisotopic (exact) mass is 278 g/mol. The van der Waals surface area contributed by atoms with E-state index in [0.717, 1.165) is 16.8 Å². The lowest BCUT2D eigenvalue weighted by Gasteiger charge is -2.23. The van der Waals surface area contributed by atoms with E-state index in [-0.39, 0.29) is 12.6 Å². The molecule has 0 saturated heterocycles. The molecule has 20 heavy (non-hydrogen) atoms. The predicted molar refractivity (Wildman–Crippen MR) is 79.0 cm³/mol. The molecule has 1 aromatic rings. The average Bonchev–Trinajstić information content (AvgIpc) is 2.41. The molecule has 5 nitrogen and oxygen atoms in total. The van der Waals surface area contributed by atoms with Gasteiger partial charge in [-0.1, -0.05) is 19.1 Å². The number of benzene rings is 1. The second-order valence-corrected chi connectivity index (χ2v) is 5.27. The van der Waals surface area contributed by atoms with Crippen molar-refractivity contribution in [2.75, 3.05) is 11.9 Å². The van der Waals surface area contributed by atoms with Gasteiger partial charge >= 0.3 is 12.0 Å². The molecule has 0 aliphatic carbocycles. The number of carbonyl (C=O) groups is 2. The summed E-state index contributed by atoms with van der Waals surface area (Å²) < 4.78 is 0. The molecule has 1 unspecified atom stereocenters. The van der Waals surface area contributed by atoms with Gasteiger partial charge in [0.2, 0.25) is 0 Å². The van der Waals surface area contributed by atoms with Gasteiger partial charge in [-0.2, -0.15) is 0 Å². The molecular formula is C15H22N2O3. The lowest BCUT2D eigenvalue weighted by Crippen LogP contribution is -2.42. The van der Waals surface area contributed by atoms with Crippen molar-refractivity contribution in [1.82, 2.24) is 5.32 Å². The Morgan fingerprint density at radius 1 is 1.30 bits per heavy atom. The standard InChI is InChI=1S/C15H22N2O3/c1-5-15(4,13(18)19)9-16-14(20)17-12-8-6-7-10(2)11(12)3/h6-8H,5,9H2,1-4H3,(H,18,19)(H2,16,17,20). The van der Waals surface area contributed by atoms with Crippen LogP contribution in [0.5, 0.6) is 0 Å². The van der Waals surface area contributed by atoms with Crippen molar-refractivity contribution in [3.05, 3.63) is 29.3 Å². The van der Waals surface area contributed by atoms with Crippen molar-refractivity contribution in [1.29, 1.82) is 0 Å². The first kappa shape index (κ1) is 16.0. The van der Waals surface area contributed by atoms with Gasteiger partial charge in [-0.05, 0) is 44.4 Å². The fraction of sp³-hybridized carbons (Fsp3) is 0.467. The second-order valence-electron chi connectivity index (χ2n) is 5.27. The molecule has 1 aromatic carbocycles. The van der Waals surface area contributed by atoms with Crippen LogP contribution in [-0.2, 0) is 4.79 Å². The van der Waals surface area contributed by atoms with Gasteiger partial charge < -0.3 is 15.7 Å². The van der Waals surface area contributed by atoms with Crippen molar-refractivity contribution >= 4 is 17.7 Å². The summed E-state index contributed by atoms with van der Waals surface area (Å²) in [4.78, 5) is 23.0. The van der Waals surface area contributed by atoms with Crippen molar-refractivity contribution < 1.29 is 14.7 Å². The van der Waals surface area contributed by atoms with E-state index >= 15 is 0 Å². The minimum atomic E-state index is -0.945. The number of carbonyl (C=O) groups excluding carboxylic acids is 1. The molecule has 0 fully saturated rings. The number of aliphatic carboxylic acids is 1. The molecule has 3 N–H and O–H groups in total. The summed E-state index contributed by atoms with van der Waals surface area (Å²) in [5.41, 5.74) is 1.88. The van der Waals surface area contributed by atoms with Gasteiger partial charge in [0.1, 0.15) is 0 Å². The number of rotatable bonds is 5. The Morgan fingerprint density at radius 2 is 1.95 bits per heavy atom. The van der Waals surface area contributed by atoms with Crippen LogP contribution < -0.4 is 10.6 Å². The van der Waals surface area contributed by atoms with Crippen LogP contribution in [0, 0.1) is 19.3 Å². The van der Waals surface area contributed by atoms with Crippen LogP contribution in [0.2, 0.25) is 0 Å². The van der Waals surface area contributed by atoms with Gasteiger partial charge in [0, 0.05) is 12.2 Å². The Bertz CT molecular complexity index is 514. The highest BCUT2D eigenvalue weighted by atomic mass is 16.4. The highest BCUT2D eigenvalue weighted by Gasteiger charge is 2.31. The highest BCUT2D eigenvalue weighted by Crippen LogP contribution is 2.20. The number of hydrogen-bond acceptors (Lipinski definition) is 2. The van der Waals surface area contributed by atoms with Crippen LogP contribution in [0.25, 0.3) is 0 Å². The largest absolute Gasteiger partial charge is 0.481 e. The Morgan fingerprint density at radius 3 is 2.50 bits per heavy atom. The maximum atomic E-state index is 11.8. The summed E-state index contributed by atoms with van der Waals surface area (Å²) in [5.74, 6) is -0.910. The van der Waals surface area contributed by atoms with Crippen molar-refractivity contribution in [2.45, 2.75) is 34.1 Å². The van der Waals surface area contributed by atoms with E-state index in [2.05, 4.69) is 10.6 Å². The molecule has 0 aliphatic heterocycles. The van der Waals surface area contributed by atoms with E-state index in [9.17, 15) is 9.59 Å². The maximum absolute atomic E-state index is 11.8. The minimum absolute atomic E-state index is 0.0928. The number of amides is 2. The Kier molecular flexibility index (Phi) is 5.13. The van der Waals surface area contributed by atoms with Gasteiger partial charge in [-0.25, -0.2) is 4.79 Å². The molecule has 0 bridgehead atoms. The van der Waals surface area contributed by atoms with Crippen LogP contribution in [0.4, 0.5) is 10.5 Å². The highest BCUT2D eigenvalue weighted by molar-refractivity contribution is 5.90. The quantitative estimate of drug-likeness (QED) is 0.775. The Hall–Kier alpha value is -2.04. The zero-order chi connectivity index (χ0) is 15.3. The molecule has 1 atom stereocenters. The SMILES string of the molecule is CCC(C)(CNC(=O)Nc1cccc(C)c1C)C(=O)O. The Balaban J connectivity index is 2.65. The average molecular weight is 278 g/mol. The first-order chi connectivity index (χ1) is 9.30. The summed E-state index contributed by atoms with van der Waals surface area (Å²) in [6.07, 6.45) is 0.450. The van der Waals surface area contributed by atoms with Crippen molar-refractivity contribution in [2.24, 2.45) is 5.41 Å². The number of carboxylic acid groups (broad SMARTS) is 1. The summed E-state index contributed by atoms with van der Waals surface area (Å²) in [7, 11) is 0. The first-order valence-corrected chi connectivity index (χ1v) is 6.64. The fourth-order valence-corrected chi connectivity index (χ4v) is 1.68. The van der Waals surface area contributed by atoms with Gasteiger partial charge in [-0.3, -0.25) is 4.79 Å². The molecule has 0 radical (unpaired) electrons. The van der Waals surface area contributed by atoms with Gasteiger partial charge in [0.15, 0.2) is 0 Å². The van der Waals surface area contributed by atoms with E-state index in [0.29, 0.717) is 6.42 Å². The lowest BCUT2D eigenvalue weighted by atomic mass is 9.88. The smallest absolute Gasteiger partial charge is 0.319 e. The summed E-state index contributed by atoms with van der Waals surface area (Å²) in [6, 6.07) is 5.26. The number of nitrogens with one attached hydrogen (secondary N) is 2. The van der Waals surface area contributed by atoms with E-state index in [1.165, 1.54) is 0 Å². The number of carboxylic acids is 1. The molecule has 0 heterocycles. The molecule has 0 spiro atoms. The van der Waals surface area contributed by atoms with Gasteiger partial charge in [0.05, 0.1) is 5.41 Å². The van der Waals surface area contributed by atoms with E-state index < -0.39 is 11.4 Å². The Labute approximate surface area is 119 Å². The normalized spacial score (nSPS) is 13.4. The van der Waals surface area contributed by atoms with Crippen LogP contribution in [0.15, 0.2) is 18.2 Å². The third-order valence-electron chi connectivity index (χ3n) is 3.79. The molecule has 0 aliphatic rings. The predicted octanol–water partition coefficient (Wildman–Crippen LogP) is 2.93. The minimum Gasteiger partial charge on any atom is -0.481 e. The number of hydrogen-bond donors (Lipinski definition) is 3. The third kappa shape index (κ3) is 3.73. The van der Waals surface area contributed by atoms with E-state index in [4.69, 9.17) is 5.11 Å². The van der Waals surface area contributed by atoms with Crippen molar-refractivity contribution in [3.63, 3.8) is 0 Å². The fourth-order valence-electron chi connectivity index (χ4n) is 1.68. The molecule has 1 rings (SSSR count). The van der Waals surface area contributed by atoms with Crippen LogP contribution in [0.1, 0.15) is 31.4 Å². The molecule has 0 aromatic heterocycles. The van der Waals surface area contributed by atoms with Gasteiger partial charge in [0.25, 0.3) is 0 Å². The molecule has 110 valence electrons. The van der Waals surface area contributed by atoms with Crippen LogP contribution in [0.3, 0.4) is 0 Å². The topological polar surface area (TPSA) is 78.4 Å². The second kappa shape index (κ2) is 6.41. The molecule has 2 amide bonds. The number of urea groups is 1. The molecule has 0 saturated carbocycles. The first-order valence-electron chi connectivity index (χ1n) is 6.64. The molecular weight excluding hydrogens is 256 g/mol. The zero-order valence-corrected chi connectivity index (χ0v) is 12.4. The third-order valence-corrected chi connectivity index (χ3v) is 3.79. The number of anilines is 1. The molecule has 5 heteroatoms. The number of aryl methyl sites for hydroxylation is 1. The van der Waals surface area contributed by atoms with Crippen LogP contribution >= 0.6 is 0 Å². The summed E-state index contributed by atoms with van der Waals surface area (Å²) in [5, 5.41) is 14.5. The zero-order valence-electron chi connectivity index (χ0n) is 12.4. The van der Waals surface area contributed by atoms with E-state index in [1.54, 1.807) is 13.8 Å². The summed E-state index contributed by atoms with van der Waals surface area (Å²) in [6.45, 7) is 7.40. The summed E-state index contributed by atoms with van der Waals surface area (Å²) >= 11 is 0. The van der Waals surface area contributed by atoms with Gasteiger partial charge in [-0.15, -0.1) is 0 Å².